The maximum atomic E-state index is 13.0. The molecule has 2 heterocycles. The molecule has 1 N–H and O–H groups in total. The van der Waals surface area contributed by atoms with Crippen LogP contribution < -0.4 is 5.32 Å². The second kappa shape index (κ2) is 8.36. The first kappa shape index (κ1) is 21.0. The summed E-state index contributed by atoms with van der Waals surface area (Å²) in [6, 6.07) is 9.42. The number of aryl methyl sites for hydroxylation is 2. The van der Waals surface area contributed by atoms with Crippen molar-refractivity contribution in [3.05, 3.63) is 71.2 Å². The van der Waals surface area contributed by atoms with Crippen molar-refractivity contribution in [2.45, 2.75) is 20.0 Å². The number of esters is 1. The number of hydrogen-bond donors (Lipinski definition) is 1. The number of para-hydroxylation sites is 1. The molecule has 2 aromatic heterocycles. The van der Waals surface area contributed by atoms with Crippen LogP contribution in [0.1, 0.15) is 27.3 Å². The molecule has 0 unspecified atom stereocenters. The van der Waals surface area contributed by atoms with E-state index < -0.39 is 35.9 Å². The molecule has 0 aliphatic heterocycles. The fourth-order valence-corrected chi connectivity index (χ4v) is 2.73. The predicted molar refractivity (Wildman–Crippen MR) is 101 cm³/mol. The fraction of sp³-hybridized carbons (Fsp3) is 0.200. The number of amides is 1. The molecule has 0 spiro atoms. The summed E-state index contributed by atoms with van der Waals surface area (Å²) in [5.41, 5.74) is 0.362. The molecule has 10 heteroatoms. The van der Waals surface area contributed by atoms with Crippen molar-refractivity contribution in [2.75, 3.05) is 11.9 Å². The molecule has 1 amide bonds. The van der Waals surface area contributed by atoms with Crippen LogP contribution in [-0.2, 0) is 15.7 Å². The van der Waals surface area contributed by atoms with Gasteiger partial charge in [-0.15, -0.1) is 0 Å². The Balaban J connectivity index is 1.61. The van der Waals surface area contributed by atoms with Crippen LogP contribution in [-0.4, -0.2) is 33.2 Å². The van der Waals surface area contributed by atoms with E-state index in [0.717, 1.165) is 23.5 Å². The van der Waals surface area contributed by atoms with Gasteiger partial charge in [0.15, 0.2) is 12.4 Å². The normalized spacial score (nSPS) is 11.2. The van der Waals surface area contributed by atoms with Crippen LogP contribution >= 0.6 is 0 Å². The molecular weight excluding hydrogens is 401 g/mol. The third kappa shape index (κ3) is 4.83. The van der Waals surface area contributed by atoms with Crippen LogP contribution in [0.4, 0.5) is 18.9 Å². The summed E-state index contributed by atoms with van der Waals surface area (Å²) < 4.78 is 45.4. The van der Waals surface area contributed by atoms with Crippen molar-refractivity contribution in [3.63, 3.8) is 0 Å². The van der Waals surface area contributed by atoms with Gasteiger partial charge >= 0.3 is 12.1 Å². The Morgan fingerprint density at radius 2 is 1.87 bits per heavy atom. The van der Waals surface area contributed by atoms with Gasteiger partial charge in [0.2, 0.25) is 0 Å². The Bertz CT molecular complexity index is 1080. The van der Waals surface area contributed by atoms with E-state index in [1.54, 1.807) is 10.7 Å². The van der Waals surface area contributed by atoms with Gasteiger partial charge in [-0.3, -0.25) is 4.79 Å². The smallest absolute Gasteiger partial charge is 0.418 e. The number of alkyl halides is 3. The van der Waals surface area contributed by atoms with Crippen molar-refractivity contribution in [1.29, 1.82) is 0 Å². The molecule has 0 radical (unpaired) electrons. The SMILES string of the molecule is Cc1cc(C)n(-c2ccc(C(=O)OCC(=O)Nc3ccccc3C(F)(F)F)cn2)n1. The second-order valence-electron chi connectivity index (χ2n) is 6.41. The molecular formula is C20H17F3N4O3. The number of nitrogens with zero attached hydrogens (tertiary/aromatic N) is 3. The molecule has 0 aliphatic carbocycles. The van der Waals surface area contributed by atoms with E-state index >= 15 is 0 Å². The number of anilines is 1. The number of pyridine rings is 1. The minimum absolute atomic E-state index is 0.0868. The number of ether oxygens (including phenoxy) is 1. The summed E-state index contributed by atoms with van der Waals surface area (Å²) in [4.78, 5) is 28.2. The van der Waals surface area contributed by atoms with Crippen molar-refractivity contribution in [1.82, 2.24) is 14.8 Å². The molecule has 0 fully saturated rings. The highest BCUT2D eigenvalue weighted by Crippen LogP contribution is 2.34. The first-order valence-corrected chi connectivity index (χ1v) is 8.78. The molecule has 7 nitrogen and oxygen atoms in total. The van der Waals surface area contributed by atoms with Gasteiger partial charge in [-0.05, 0) is 44.2 Å². The zero-order valence-corrected chi connectivity index (χ0v) is 16.0. The molecule has 30 heavy (non-hydrogen) atoms. The summed E-state index contributed by atoms with van der Waals surface area (Å²) in [5, 5.41) is 6.38. The first-order valence-electron chi connectivity index (χ1n) is 8.78. The van der Waals surface area contributed by atoms with E-state index in [9.17, 15) is 22.8 Å². The Morgan fingerprint density at radius 3 is 2.47 bits per heavy atom. The summed E-state index contributed by atoms with van der Waals surface area (Å²) in [6.45, 7) is 2.96. The van der Waals surface area contributed by atoms with E-state index in [1.807, 2.05) is 19.9 Å². The molecule has 1 aromatic carbocycles. The lowest BCUT2D eigenvalue weighted by Gasteiger charge is -2.13. The Labute approximate surface area is 169 Å². The number of halogens is 3. The second-order valence-corrected chi connectivity index (χ2v) is 6.41. The van der Waals surface area contributed by atoms with Gasteiger partial charge < -0.3 is 10.1 Å². The Morgan fingerprint density at radius 1 is 1.13 bits per heavy atom. The minimum atomic E-state index is -4.63. The van der Waals surface area contributed by atoms with Crippen molar-refractivity contribution in [3.8, 4) is 5.82 Å². The largest absolute Gasteiger partial charge is 0.452 e. The van der Waals surface area contributed by atoms with Crippen molar-refractivity contribution < 1.29 is 27.5 Å². The monoisotopic (exact) mass is 418 g/mol. The average Bonchev–Trinajstić information content (AvgIpc) is 3.04. The highest BCUT2D eigenvalue weighted by atomic mass is 19.4. The van der Waals surface area contributed by atoms with Crippen LogP contribution in [0.3, 0.4) is 0 Å². The maximum Gasteiger partial charge on any atom is 0.418 e. The molecule has 0 bridgehead atoms. The van der Waals surface area contributed by atoms with Gasteiger partial charge in [0, 0.05) is 11.9 Å². The minimum Gasteiger partial charge on any atom is -0.452 e. The highest BCUT2D eigenvalue weighted by molar-refractivity contribution is 5.95. The summed E-state index contributed by atoms with van der Waals surface area (Å²) in [5.74, 6) is -1.23. The van der Waals surface area contributed by atoms with E-state index in [0.29, 0.717) is 5.82 Å². The Kier molecular flexibility index (Phi) is 5.86. The molecule has 3 aromatic rings. The van der Waals surface area contributed by atoms with Gasteiger partial charge in [-0.2, -0.15) is 18.3 Å². The Hall–Kier alpha value is -3.69. The third-order valence-electron chi connectivity index (χ3n) is 4.05. The molecule has 0 atom stereocenters. The lowest BCUT2D eigenvalue weighted by atomic mass is 10.1. The lowest BCUT2D eigenvalue weighted by Crippen LogP contribution is -2.22. The van der Waals surface area contributed by atoms with Crippen LogP contribution in [0.5, 0.6) is 0 Å². The number of nitrogens with one attached hydrogen (secondary N) is 1. The van der Waals surface area contributed by atoms with E-state index in [1.165, 1.54) is 24.4 Å². The summed E-state index contributed by atoms with van der Waals surface area (Å²) >= 11 is 0. The van der Waals surface area contributed by atoms with Gasteiger partial charge in [0.05, 0.1) is 22.5 Å². The predicted octanol–water partition coefficient (Wildman–Crippen LogP) is 3.70. The number of carbonyl (C=O) groups excluding carboxylic acids is 2. The van der Waals surface area contributed by atoms with E-state index in [-0.39, 0.29) is 5.56 Å². The average molecular weight is 418 g/mol. The molecule has 3 rings (SSSR count). The lowest BCUT2D eigenvalue weighted by molar-refractivity contribution is -0.137. The third-order valence-corrected chi connectivity index (χ3v) is 4.05. The van der Waals surface area contributed by atoms with Crippen LogP contribution in [0, 0.1) is 13.8 Å². The van der Waals surface area contributed by atoms with Gasteiger partial charge in [-0.25, -0.2) is 14.5 Å². The topological polar surface area (TPSA) is 86.1 Å². The summed E-state index contributed by atoms with van der Waals surface area (Å²) in [7, 11) is 0. The van der Waals surface area contributed by atoms with Crippen LogP contribution in [0.25, 0.3) is 5.82 Å². The fourth-order valence-electron chi connectivity index (χ4n) is 2.73. The van der Waals surface area contributed by atoms with Crippen LogP contribution in [0.2, 0.25) is 0 Å². The summed E-state index contributed by atoms with van der Waals surface area (Å²) in [6.07, 6.45) is -3.36. The van der Waals surface area contributed by atoms with Crippen molar-refractivity contribution in [2.24, 2.45) is 0 Å². The van der Waals surface area contributed by atoms with Gasteiger partial charge in [0.25, 0.3) is 5.91 Å². The molecule has 0 aliphatic rings. The maximum absolute atomic E-state index is 13.0. The zero-order chi connectivity index (χ0) is 21.9. The number of hydrogen-bond acceptors (Lipinski definition) is 5. The number of rotatable bonds is 5. The van der Waals surface area contributed by atoms with Gasteiger partial charge in [0.1, 0.15) is 0 Å². The highest BCUT2D eigenvalue weighted by Gasteiger charge is 2.33. The number of benzene rings is 1. The standard InChI is InChI=1S/C20H17F3N4O3/c1-12-9-13(2)27(26-12)17-8-7-14(10-24-17)19(29)30-11-18(28)25-16-6-4-3-5-15(16)20(21,22)23/h3-10H,11H2,1-2H3,(H,25,28). The quantitative estimate of drug-likeness (QED) is 0.639. The first-order chi connectivity index (χ1) is 14.1. The molecule has 156 valence electrons. The van der Waals surface area contributed by atoms with E-state index in [4.69, 9.17) is 4.74 Å². The molecule has 0 saturated carbocycles. The van der Waals surface area contributed by atoms with E-state index in [2.05, 4.69) is 15.4 Å². The number of aromatic nitrogens is 3. The zero-order valence-electron chi connectivity index (χ0n) is 16.0. The number of carbonyl (C=O) groups is 2. The van der Waals surface area contributed by atoms with Crippen LogP contribution in [0.15, 0.2) is 48.7 Å². The molecule has 0 saturated heterocycles. The van der Waals surface area contributed by atoms with Gasteiger partial charge in [-0.1, -0.05) is 12.1 Å². The van der Waals surface area contributed by atoms with Crippen molar-refractivity contribution >= 4 is 17.6 Å².